The van der Waals surface area contributed by atoms with Crippen LogP contribution in [0.15, 0.2) is 24.3 Å². The zero-order valence-electron chi connectivity index (χ0n) is 11.4. The fraction of sp³-hybridized carbons (Fsp3) is 0.308. The lowest BCUT2D eigenvalue weighted by atomic mass is 10.2. The summed E-state index contributed by atoms with van der Waals surface area (Å²) in [6.45, 7) is -0.561. The summed E-state index contributed by atoms with van der Waals surface area (Å²) in [7, 11) is 1.23. The minimum absolute atomic E-state index is 0.166. The number of carboxylic acids is 1. The number of para-hydroxylation sites is 1. The zero-order valence-corrected chi connectivity index (χ0v) is 11.4. The molecule has 0 heterocycles. The molecule has 0 aliphatic heterocycles. The van der Waals surface area contributed by atoms with Gasteiger partial charge in [0.25, 0.3) is 11.8 Å². The van der Waals surface area contributed by atoms with Crippen molar-refractivity contribution in [3.05, 3.63) is 29.8 Å². The van der Waals surface area contributed by atoms with Gasteiger partial charge in [-0.15, -0.1) is 0 Å². The van der Waals surface area contributed by atoms with E-state index in [2.05, 4.69) is 5.32 Å². The van der Waals surface area contributed by atoms with Gasteiger partial charge in [-0.2, -0.15) is 0 Å². The molecule has 2 amide bonds. The molecule has 1 aromatic carbocycles. The van der Waals surface area contributed by atoms with Crippen LogP contribution in [0.1, 0.15) is 10.4 Å². The van der Waals surface area contributed by atoms with Gasteiger partial charge in [0.2, 0.25) is 0 Å². The van der Waals surface area contributed by atoms with Crippen molar-refractivity contribution in [3.63, 3.8) is 0 Å². The van der Waals surface area contributed by atoms with Gasteiger partial charge in [0.1, 0.15) is 5.75 Å². The number of carbonyl (C=O) groups is 3. The summed E-state index contributed by atoms with van der Waals surface area (Å²) >= 11 is 0. The third kappa shape index (κ3) is 5.11. The first-order valence-electron chi connectivity index (χ1n) is 5.99. The molecule has 21 heavy (non-hydrogen) atoms. The highest BCUT2D eigenvalue weighted by atomic mass is 16.5. The maximum Gasteiger partial charge on any atom is 0.334 e. The maximum atomic E-state index is 12.0. The van der Waals surface area contributed by atoms with Crippen molar-refractivity contribution >= 4 is 17.8 Å². The molecular formula is C13H16N2O6. The topological polar surface area (TPSA) is 128 Å². The number of primary amides is 1. The van der Waals surface area contributed by atoms with Crippen LogP contribution in [0.4, 0.5) is 0 Å². The maximum absolute atomic E-state index is 12.0. The summed E-state index contributed by atoms with van der Waals surface area (Å²) < 4.78 is 9.82. The molecule has 1 rings (SSSR count). The van der Waals surface area contributed by atoms with Gasteiger partial charge in [-0.25, -0.2) is 4.79 Å². The average Bonchev–Trinajstić information content (AvgIpc) is 2.45. The first-order valence-corrected chi connectivity index (χ1v) is 5.99. The number of methoxy groups -OCH3 is 1. The van der Waals surface area contributed by atoms with Gasteiger partial charge < -0.3 is 25.6 Å². The molecule has 8 heteroatoms. The number of ether oxygens (including phenoxy) is 2. The monoisotopic (exact) mass is 296 g/mol. The van der Waals surface area contributed by atoms with Crippen LogP contribution in [-0.2, 0) is 14.3 Å². The summed E-state index contributed by atoms with van der Waals surface area (Å²) in [5.41, 5.74) is 5.14. The van der Waals surface area contributed by atoms with E-state index < -0.39 is 23.9 Å². The average molecular weight is 296 g/mol. The minimum atomic E-state index is -1.18. The fourth-order valence-electron chi connectivity index (χ4n) is 1.48. The Morgan fingerprint density at radius 2 is 2.00 bits per heavy atom. The van der Waals surface area contributed by atoms with Gasteiger partial charge in [0.05, 0.1) is 12.1 Å². The number of hydrogen-bond acceptors (Lipinski definition) is 5. The Labute approximate surface area is 120 Å². The van der Waals surface area contributed by atoms with Crippen molar-refractivity contribution in [2.24, 2.45) is 5.73 Å². The molecule has 0 saturated heterocycles. The quantitative estimate of drug-likeness (QED) is 0.586. The number of amides is 2. The number of nitrogens with one attached hydrogen (secondary N) is 1. The second-order valence-electron chi connectivity index (χ2n) is 4.02. The molecule has 0 saturated carbocycles. The molecule has 1 atom stereocenters. The largest absolute Gasteiger partial charge is 0.483 e. The zero-order chi connectivity index (χ0) is 15.8. The van der Waals surface area contributed by atoms with Gasteiger partial charge in [0, 0.05) is 7.11 Å². The van der Waals surface area contributed by atoms with Crippen molar-refractivity contribution in [3.8, 4) is 5.75 Å². The van der Waals surface area contributed by atoms with E-state index in [9.17, 15) is 14.4 Å². The van der Waals surface area contributed by atoms with Crippen LogP contribution >= 0.6 is 0 Å². The fourth-order valence-corrected chi connectivity index (χ4v) is 1.48. The van der Waals surface area contributed by atoms with Crippen LogP contribution in [0, 0.1) is 0 Å². The second kappa shape index (κ2) is 7.85. The number of carbonyl (C=O) groups excluding carboxylic acids is 2. The van der Waals surface area contributed by atoms with Crippen molar-refractivity contribution < 1.29 is 29.0 Å². The van der Waals surface area contributed by atoms with E-state index >= 15 is 0 Å². The van der Waals surface area contributed by atoms with Crippen LogP contribution in [0.25, 0.3) is 0 Å². The number of carboxylic acid groups (broad SMARTS) is 1. The molecule has 0 aromatic heterocycles. The SMILES string of the molecule is COC(CNC(=O)c1ccccc1OCC(N)=O)C(=O)O. The Morgan fingerprint density at radius 3 is 2.57 bits per heavy atom. The van der Waals surface area contributed by atoms with Crippen LogP contribution in [-0.4, -0.2) is 49.3 Å². The van der Waals surface area contributed by atoms with Crippen LogP contribution in [0.5, 0.6) is 5.75 Å². The molecule has 0 aliphatic carbocycles. The number of benzene rings is 1. The van der Waals surface area contributed by atoms with Crippen molar-refractivity contribution in [1.82, 2.24) is 5.32 Å². The van der Waals surface area contributed by atoms with E-state index in [1.165, 1.54) is 19.2 Å². The highest BCUT2D eigenvalue weighted by Gasteiger charge is 2.19. The number of hydrogen-bond donors (Lipinski definition) is 3. The van der Waals surface area contributed by atoms with E-state index in [4.69, 9.17) is 20.3 Å². The highest BCUT2D eigenvalue weighted by Crippen LogP contribution is 2.17. The first-order chi connectivity index (χ1) is 9.95. The van der Waals surface area contributed by atoms with Gasteiger partial charge in [-0.05, 0) is 12.1 Å². The van der Waals surface area contributed by atoms with Gasteiger partial charge in [0.15, 0.2) is 12.7 Å². The van der Waals surface area contributed by atoms with E-state index in [1.54, 1.807) is 12.1 Å². The molecule has 8 nitrogen and oxygen atoms in total. The minimum Gasteiger partial charge on any atom is -0.483 e. The van der Waals surface area contributed by atoms with Gasteiger partial charge in [-0.1, -0.05) is 12.1 Å². The van der Waals surface area contributed by atoms with E-state index in [0.29, 0.717) is 0 Å². The standard InChI is InChI=1S/C13H16N2O6/c1-20-10(13(18)19)6-15-12(17)8-4-2-3-5-9(8)21-7-11(14)16/h2-5,10H,6-7H2,1H3,(H2,14,16)(H,15,17)(H,18,19). The molecule has 1 aromatic rings. The molecular weight excluding hydrogens is 280 g/mol. The second-order valence-corrected chi connectivity index (χ2v) is 4.02. The van der Waals surface area contributed by atoms with Gasteiger partial charge >= 0.3 is 5.97 Å². The summed E-state index contributed by atoms with van der Waals surface area (Å²) in [4.78, 5) is 33.5. The third-order valence-corrected chi connectivity index (χ3v) is 2.51. The molecule has 0 bridgehead atoms. The number of nitrogens with two attached hydrogens (primary N) is 1. The molecule has 0 radical (unpaired) electrons. The number of aliphatic carboxylic acids is 1. The summed E-state index contributed by atoms with van der Waals surface area (Å²) in [6.07, 6.45) is -1.15. The van der Waals surface area contributed by atoms with E-state index in [0.717, 1.165) is 0 Å². The van der Waals surface area contributed by atoms with E-state index in [1.807, 2.05) is 0 Å². The Hall–Kier alpha value is -2.61. The summed E-state index contributed by atoms with van der Waals surface area (Å²) in [5, 5.41) is 11.2. The highest BCUT2D eigenvalue weighted by molar-refractivity contribution is 5.97. The molecule has 4 N–H and O–H groups in total. The normalized spacial score (nSPS) is 11.5. The Kier molecular flexibility index (Phi) is 6.15. The predicted molar refractivity (Wildman–Crippen MR) is 71.9 cm³/mol. The van der Waals surface area contributed by atoms with Crippen LogP contribution in [0.3, 0.4) is 0 Å². The lowest BCUT2D eigenvalue weighted by Gasteiger charge is -2.13. The Balaban J connectivity index is 2.73. The molecule has 0 spiro atoms. The molecule has 0 fully saturated rings. The lowest BCUT2D eigenvalue weighted by Crippen LogP contribution is -2.38. The van der Waals surface area contributed by atoms with Crippen molar-refractivity contribution in [2.45, 2.75) is 6.10 Å². The van der Waals surface area contributed by atoms with Crippen molar-refractivity contribution in [2.75, 3.05) is 20.3 Å². The van der Waals surface area contributed by atoms with Crippen LogP contribution < -0.4 is 15.8 Å². The molecule has 0 aliphatic rings. The Bertz CT molecular complexity index is 531. The van der Waals surface area contributed by atoms with Crippen LogP contribution in [0.2, 0.25) is 0 Å². The molecule has 1 unspecified atom stereocenters. The number of rotatable bonds is 8. The summed E-state index contributed by atoms with van der Waals surface area (Å²) in [6, 6.07) is 6.22. The van der Waals surface area contributed by atoms with E-state index in [-0.39, 0.29) is 24.5 Å². The Morgan fingerprint density at radius 1 is 1.33 bits per heavy atom. The predicted octanol–water partition coefficient (Wildman–Crippen LogP) is -0.620. The van der Waals surface area contributed by atoms with Crippen molar-refractivity contribution in [1.29, 1.82) is 0 Å². The smallest absolute Gasteiger partial charge is 0.334 e. The first kappa shape index (κ1) is 16.4. The lowest BCUT2D eigenvalue weighted by molar-refractivity contribution is -0.148. The summed E-state index contributed by atoms with van der Waals surface area (Å²) in [5.74, 6) is -2.22. The van der Waals surface area contributed by atoms with Gasteiger partial charge in [-0.3, -0.25) is 9.59 Å². The third-order valence-electron chi connectivity index (χ3n) is 2.51. The molecule has 114 valence electrons.